The van der Waals surface area contributed by atoms with Gasteiger partial charge >= 0.3 is 0 Å². The number of hydrogen-bond donors (Lipinski definition) is 3. The predicted octanol–water partition coefficient (Wildman–Crippen LogP) is 5.38. The molecule has 3 N–H and O–H groups in total. The van der Waals surface area contributed by atoms with E-state index in [1.807, 2.05) is 24.3 Å². The van der Waals surface area contributed by atoms with Crippen LogP contribution in [-0.2, 0) is 17.3 Å². The molecule has 0 aliphatic rings. The Morgan fingerprint density at radius 1 is 0.875 bits per heavy atom. The zero-order valence-electron chi connectivity index (χ0n) is 15.6. The lowest BCUT2D eigenvalue weighted by molar-refractivity contribution is 0.388. The van der Waals surface area contributed by atoms with Crippen molar-refractivity contribution in [1.29, 1.82) is 0 Å². The minimum Gasteiger partial charge on any atom is -0.507 e. The van der Waals surface area contributed by atoms with Crippen molar-refractivity contribution in [3.05, 3.63) is 58.7 Å². The van der Waals surface area contributed by atoms with Crippen LogP contribution in [0.5, 0.6) is 5.75 Å². The van der Waals surface area contributed by atoms with Crippen LogP contribution in [-0.4, -0.2) is 10.3 Å². The van der Waals surface area contributed by atoms with Crippen molar-refractivity contribution in [1.82, 2.24) is 0 Å². The first-order valence-corrected chi connectivity index (χ1v) is 8.39. The van der Waals surface area contributed by atoms with E-state index in [0.717, 1.165) is 22.3 Å². The monoisotopic (exact) mass is 327 g/mol. The summed E-state index contributed by atoms with van der Waals surface area (Å²) in [6, 6.07) is 11.9. The van der Waals surface area contributed by atoms with Crippen LogP contribution in [0.25, 0.3) is 0 Å². The minimum absolute atomic E-state index is 0.144. The van der Waals surface area contributed by atoms with E-state index in [0.29, 0.717) is 17.9 Å². The molecule has 0 unspecified atom stereocenters. The Hall–Kier alpha value is -2.00. The lowest BCUT2D eigenvalue weighted by Gasteiger charge is -2.28. The van der Waals surface area contributed by atoms with Crippen molar-refractivity contribution < 1.29 is 10.3 Å². The highest BCUT2D eigenvalue weighted by molar-refractivity contribution is 5.54. The molecular formula is C21H29NO2. The average Bonchev–Trinajstić information content (AvgIpc) is 2.47. The van der Waals surface area contributed by atoms with Crippen molar-refractivity contribution in [3.63, 3.8) is 0 Å². The smallest absolute Gasteiger partial charge is 0.123 e. The van der Waals surface area contributed by atoms with E-state index in [1.54, 1.807) is 0 Å². The maximum atomic E-state index is 10.8. The lowest BCUT2D eigenvalue weighted by Crippen LogP contribution is -2.18. The van der Waals surface area contributed by atoms with E-state index >= 15 is 0 Å². The molecule has 0 aromatic heterocycles. The van der Waals surface area contributed by atoms with Crippen LogP contribution in [0.2, 0.25) is 0 Å². The zero-order valence-corrected chi connectivity index (χ0v) is 15.6. The van der Waals surface area contributed by atoms with Gasteiger partial charge in [0.05, 0.1) is 5.69 Å². The third-order valence-electron chi connectivity index (χ3n) is 4.32. The summed E-state index contributed by atoms with van der Waals surface area (Å²) in [5, 5.41) is 20.1. The Kier molecular flexibility index (Phi) is 4.95. The summed E-state index contributed by atoms with van der Waals surface area (Å²) in [7, 11) is 0. The van der Waals surface area contributed by atoms with Gasteiger partial charge in [-0.05, 0) is 45.6 Å². The molecule has 0 heterocycles. The summed E-state index contributed by atoms with van der Waals surface area (Å²) in [6.07, 6.45) is 0.691. The molecule has 0 fully saturated rings. The highest BCUT2D eigenvalue weighted by Gasteiger charge is 2.26. The van der Waals surface area contributed by atoms with E-state index in [9.17, 15) is 10.3 Å². The summed E-state index contributed by atoms with van der Waals surface area (Å²) in [5.74, 6) is 0.396. The summed E-state index contributed by atoms with van der Waals surface area (Å²) in [5.41, 5.74) is 6.75. The maximum Gasteiger partial charge on any atom is 0.123 e. The van der Waals surface area contributed by atoms with Gasteiger partial charge in [-0.3, -0.25) is 10.7 Å². The van der Waals surface area contributed by atoms with Crippen LogP contribution in [0.4, 0.5) is 5.69 Å². The summed E-state index contributed by atoms with van der Waals surface area (Å²) >= 11 is 0. The fourth-order valence-corrected chi connectivity index (χ4v) is 2.94. The van der Waals surface area contributed by atoms with E-state index < -0.39 is 0 Å². The number of anilines is 1. The van der Waals surface area contributed by atoms with Gasteiger partial charge in [0.1, 0.15) is 5.75 Å². The van der Waals surface area contributed by atoms with Gasteiger partial charge in [-0.1, -0.05) is 71.9 Å². The molecule has 0 atom stereocenters. The standard InChI is InChI=1S/C21H29NO2/c1-20(2,3)16-12-14(13-17(19(16)23)21(4,5)6)11-15-9-7-8-10-18(15)22-24/h7-10,12-13,22-24H,11H2,1-6H3. The zero-order chi connectivity index (χ0) is 18.1. The third-order valence-corrected chi connectivity index (χ3v) is 4.32. The molecule has 2 aromatic rings. The number of phenols is 1. The first kappa shape index (κ1) is 18.3. The Labute approximate surface area is 145 Å². The molecule has 3 heteroatoms. The minimum atomic E-state index is -0.144. The molecule has 2 aromatic carbocycles. The van der Waals surface area contributed by atoms with Crippen LogP contribution >= 0.6 is 0 Å². The quantitative estimate of drug-likeness (QED) is 0.663. The van der Waals surface area contributed by atoms with Crippen molar-refractivity contribution in [2.24, 2.45) is 0 Å². The van der Waals surface area contributed by atoms with Crippen molar-refractivity contribution in [2.45, 2.75) is 58.8 Å². The number of aromatic hydroxyl groups is 1. The molecule has 0 radical (unpaired) electrons. The van der Waals surface area contributed by atoms with Gasteiger partial charge in [-0.15, -0.1) is 0 Å². The SMILES string of the molecule is CC(C)(C)c1cc(Cc2ccccc2NO)cc(C(C)(C)C)c1O. The Balaban J connectivity index is 2.58. The number of rotatable bonds is 3. The Morgan fingerprint density at radius 3 is 1.83 bits per heavy atom. The summed E-state index contributed by atoms with van der Waals surface area (Å²) in [6.45, 7) is 12.7. The molecule has 0 amide bonds. The Bertz CT molecular complexity index is 686. The third kappa shape index (κ3) is 3.90. The highest BCUT2D eigenvalue weighted by Crippen LogP contribution is 2.40. The number of hydrogen-bond acceptors (Lipinski definition) is 3. The van der Waals surface area contributed by atoms with Crippen molar-refractivity contribution in [3.8, 4) is 5.75 Å². The number of para-hydroxylation sites is 1. The van der Waals surface area contributed by atoms with Gasteiger partial charge in [0.15, 0.2) is 0 Å². The molecule has 0 aliphatic carbocycles. The van der Waals surface area contributed by atoms with Gasteiger partial charge in [-0.2, -0.15) is 0 Å². The molecule has 3 nitrogen and oxygen atoms in total. The van der Waals surface area contributed by atoms with Crippen LogP contribution in [0.1, 0.15) is 63.8 Å². The number of phenolic OH excluding ortho intramolecular Hbond substituents is 1. The fourth-order valence-electron chi connectivity index (χ4n) is 2.94. The predicted molar refractivity (Wildman–Crippen MR) is 100 cm³/mol. The van der Waals surface area contributed by atoms with E-state index in [4.69, 9.17) is 0 Å². The molecule has 0 saturated heterocycles. The molecule has 0 bridgehead atoms. The van der Waals surface area contributed by atoms with Crippen LogP contribution in [0, 0.1) is 0 Å². The lowest BCUT2D eigenvalue weighted by atomic mass is 9.78. The van der Waals surface area contributed by atoms with Gasteiger partial charge < -0.3 is 5.11 Å². The summed E-state index contributed by atoms with van der Waals surface area (Å²) in [4.78, 5) is 0. The first-order valence-electron chi connectivity index (χ1n) is 8.39. The summed E-state index contributed by atoms with van der Waals surface area (Å²) < 4.78 is 0. The second-order valence-corrected chi connectivity index (χ2v) is 8.49. The molecule has 2 rings (SSSR count). The van der Waals surface area contributed by atoms with Crippen LogP contribution in [0.3, 0.4) is 0 Å². The first-order chi connectivity index (χ1) is 11.0. The molecular weight excluding hydrogens is 298 g/mol. The van der Waals surface area contributed by atoms with Crippen LogP contribution in [0.15, 0.2) is 36.4 Å². The van der Waals surface area contributed by atoms with Gasteiger partial charge in [0.2, 0.25) is 0 Å². The van der Waals surface area contributed by atoms with Crippen molar-refractivity contribution in [2.75, 3.05) is 5.48 Å². The Morgan fingerprint density at radius 2 is 1.38 bits per heavy atom. The molecule has 130 valence electrons. The maximum absolute atomic E-state index is 10.8. The highest BCUT2D eigenvalue weighted by atomic mass is 16.5. The van der Waals surface area contributed by atoms with E-state index in [1.165, 1.54) is 0 Å². The largest absolute Gasteiger partial charge is 0.507 e. The number of nitrogens with one attached hydrogen (secondary N) is 1. The second-order valence-electron chi connectivity index (χ2n) is 8.49. The van der Waals surface area contributed by atoms with Gasteiger partial charge in [0, 0.05) is 0 Å². The average molecular weight is 327 g/mol. The molecule has 24 heavy (non-hydrogen) atoms. The normalized spacial score (nSPS) is 12.3. The molecule has 0 saturated carbocycles. The molecule has 0 aliphatic heterocycles. The number of benzene rings is 2. The topological polar surface area (TPSA) is 52.5 Å². The van der Waals surface area contributed by atoms with Crippen LogP contribution < -0.4 is 5.48 Å². The molecule has 0 spiro atoms. The second kappa shape index (κ2) is 6.48. The van der Waals surface area contributed by atoms with Gasteiger partial charge in [0.25, 0.3) is 0 Å². The van der Waals surface area contributed by atoms with Gasteiger partial charge in [-0.25, -0.2) is 0 Å². The van der Waals surface area contributed by atoms with E-state index in [2.05, 4.69) is 59.2 Å². The van der Waals surface area contributed by atoms with E-state index in [-0.39, 0.29) is 10.8 Å². The fraction of sp³-hybridized carbons (Fsp3) is 0.429. The van der Waals surface area contributed by atoms with Crippen molar-refractivity contribution >= 4 is 5.69 Å².